The van der Waals surface area contributed by atoms with Gasteiger partial charge in [0, 0.05) is 26.1 Å². The number of hydrogen-bond acceptors (Lipinski definition) is 8. The zero-order valence-corrected chi connectivity index (χ0v) is 18.5. The van der Waals surface area contributed by atoms with Crippen molar-refractivity contribution in [2.45, 2.75) is 45.8 Å². The number of cyclic esters (lactones) is 3. The van der Waals surface area contributed by atoms with Crippen molar-refractivity contribution in [3.63, 3.8) is 0 Å². The highest BCUT2D eigenvalue weighted by Gasteiger charge is 2.22. The first-order valence-electron chi connectivity index (χ1n) is 10.1. The average Bonchev–Trinajstić information content (AvgIpc) is 2.72. The number of rotatable bonds is 2. The maximum atomic E-state index is 12.1. The van der Waals surface area contributed by atoms with Crippen molar-refractivity contribution < 1.29 is 38.1 Å². The Hall–Kier alpha value is -2.19. The lowest BCUT2D eigenvalue weighted by Crippen LogP contribution is -2.30. The molecule has 8 nitrogen and oxygen atoms in total. The second kappa shape index (κ2) is 13.9. The Bertz CT molecular complexity index is 612. The van der Waals surface area contributed by atoms with Gasteiger partial charge in [0.05, 0.1) is 31.0 Å². The fraction of sp³-hybridized carbons (Fsp3) is 0.682. The highest BCUT2D eigenvalue weighted by molar-refractivity contribution is 5.74. The number of ether oxygens (including phenoxy) is 5. The summed E-state index contributed by atoms with van der Waals surface area (Å²) in [5.74, 6) is -2.03. The summed E-state index contributed by atoms with van der Waals surface area (Å²) in [5.41, 5.74) is 0. The van der Waals surface area contributed by atoms with Gasteiger partial charge in [-0.15, -0.1) is 0 Å². The molecular formula is C22H34O8. The van der Waals surface area contributed by atoms with Crippen LogP contribution in [0.4, 0.5) is 0 Å². The number of esters is 3. The summed E-state index contributed by atoms with van der Waals surface area (Å²) < 4.78 is 26.5. The minimum absolute atomic E-state index is 0.0508. The number of hydrogen-bond donors (Lipinski definition) is 0. The van der Waals surface area contributed by atoms with E-state index < -0.39 is 17.9 Å². The van der Waals surface area contributed by atoms with Crippen molar-refractivity contribution in [2.75, 3.05) is 34.0 Å². The number of carbonyl (C=O) groups is 3. The largest absolute Gasteiger partial charge is 0.465 e. The van der Waals surface area contributed by atoms with E-state index in [-0.39, 0.29) is 62.7 Å². The molecule has 1 aliphatic heterocycles. The van der Waals surface area contributed by atoms with Gasteiger partial charge >= 0.3 is 17.9 Å². The predicted octanol–water partition coefficient (Wildman–Crippen LogP) is 2.46. The van der Waals surface area contributed by atoms with Crippen LogP contribution in [0, 0.1) is 17.8 Å². The smallest absolute Gasteiger partial charge is 0.312 e. The molecule has 5 atom stereocenters. The summed E-state index contributed by atoms with van der Waals surface area (Å²) in [6, 6.07) is 0. The molecule has 0 aliphatic carbocycles. The van der Waals surface area contributed by atoms with E-state index in [1.807, 2.05) is 26.0 Å². The molecule has 0 aromatic carbocycles. The van der Waals surface area contributed by atoms with Gasteiger partial charge in [-0.2, -0.15) is 0 Å². The van der Waals surface area contributed by atoms with E-state index in [0.29, 0.717) is 0 Å². The van der Waals surface area contributed by atoms with Crippen LogP contribution in [0.15, 0.2) is 24.3 Å². The average molecular weight is 427 g/mol. The van der Waals surface area contributed by atoms with Crippen LogP contribution in [0.25, 0.3) is 0 Å². The molecule has 0 aromatic heterocycles. The normalized spacial score (nSPS) is 33.0. The quantitative estimate of drug-likeness (QED) is 0.377. The minimum Gasteiger partial charge on any atom is -0.465 e. The molecule has 0 bridgehead atoms. The summed E-state index contributed by atoms with van der Waals surface area (Å²) >= 11 is 0. The summed E-state index contributed by atoms with van der Waals surface area (Å²) in [5, 5.41) is 0. The maximum Gasteiger partial charge on any atom is 0.312 e. The molecule has 0 aromatic rings. The Morgan fingerprint density at radius 1 is 0.733 bits per heavy atom. The topological polar surface area (TPSA) is 97.4 Å². The lowest BCUT2D eigenvalue weighted by Gasteiger charge is -2.21. The molecule has 8 heteroatoms. The third-order valence-corrected chi connectivity index (χ3v) is 4.92. The van der Waals surface area contributed by atoms with Crippen molar-refractivity contribution in [1.82, 2.24) is 0 Å². The van der Waals surface area contributed by atoms with Crippen LogP contribution in [0.5, 0.6) is 0 Å². The van der Waals surface area contributed by atoms with Crippen molar-refractivity contribution >= 4 is 17.9 Å². The Labute approximate surface area is 178 Å². The molecular weight excluding hydrogens is 392 g/mol. The third kappa shape index (κ3) is 9.54. The van der Waals surface area contributed by atoms with E-state index >= 15 is 0 Å². The second-order valence-electron chi connectivity index (χ2n) is 7.43. The standard InChI is InChI=1S/C22H34O8/c1-15-8-6-10-20(23)28-12-17(3)22(25)30-14-19(27-5)16(2)9-7-11-21(24)29-13-18(15)26-4/h6-9,15-19H,10-14H2,1-5H3/b8-6+,9-7+/t15-,16+,17-,18-,19+/m1/s1. The second-order valence-corrected chi connectivity index (χ2v) is 7.43. The molecule has 0 N–H and O–H groups in total. The van der Waals surface area contributed by atoms with E-state index in [1.54, 1.807) is 26.2 Å². The van der Waals surface area contributed by atoms with Crippen molar-refractivity contribution in [3.05, 3.63) is 24.3 Å². The molecule has 0 fully saturated rings. The van der Waals surface area contributed by atoms with E-state index in [2.05, 4.69) is 0 Å². The van der Waals surface area contributed by atoms with Gasteiger partial charge in [-0.05, 0) is 6.92 Å². The first-order chi connectivity index (χ1) is 14.3. The maximum absolute atomic E-state index is 12.1. The van der Waals surface area contributed by atoms with E-state index in [4.69, 9.17) is 23.7 Å². The molecule has 0 spiro atoms. The van der Waals surface area contributed by atoms with Crippen molar-refractivity contribution in [1.29, 1.82) is 0 Å². The van der Waals surface area contributed by atoms with Gasteiger partial charge in [-0.1, -0.05) is 38.2 Å². The summed E-state index contributed by atoms with van der Waals surface area (Å²) in [4.78, 5) is 36.0. The lowest BCUT2D eigenvalue weighted by molar-refractivity contribution is -0.157. The van der Waals surface area contributed by atoms with Gasteiger partial charge in [0.2, 0.25) is 0 Å². The molecule has 1 aliphatic rings. The highest BCUT2D eigenvalue weighted by Crippen LogP contribution is 2.13. The Balaban J connectivity index is 2.86. The predicted molar refractivity (Wildman–Crippen MR) is 109 cm³/mol. The van der Waals surface area contributed by atoms with Crippen LogP contribution < -0.4 is 0 Å². The van der Waals surface area contributed by atoms with Gasteiger partial charge in [-0.25, -0.2) is 0 Å². The van der Waals surface area contributed by atoms with Gasteiger partial charge in [0.25, 0.3) is 0 Å². The van der Waals surface area contributed by atoms with Gasteiger partial charge < -0.3 is 23.7 Å². The molecule has 1 rings (SSSR count). The molecule has 170 valence electrons. The fourth-order valence-electron chi connectivity index (χ4n) is 2.76. The SMILES string of the molecule is CO[C@H]1COC(=O)[C@H](C)COC(=O)C/C=C/[C@@H](C)[C@H](OC)COC(=O)C/C=C/[C@@H]1C. The molecule has 0 unspecified atom stereocenters. The van der Waals surface area contributed by atoms with E-state index in [1.165, 1.54) is 7.11 Å². The van der Waals surface area contributed by atoms with Crippen LogP contribution in [0.3, 0.4) is 0 Å². The first-order valence-corrected chi connectivity index (χ1v) is 10.1. The number of methoxy groups -OCH3 is 2. The van der Waals surface area contributed by atoms with Crippen LogP contribution in [0.2, 0.25) is 0 Å². The Morgan fingerprint density at radius 3 is 1.63 bits per heavy atom. The van der Waals surface area contributed by atoms with Crippen LogP contribution in [-0.2, 0) is 38.1 Å². The van der Waals surface area contributed by atoms with Crippen LogP contribution in [-0.4, -0.2) is 64.2 Å². The highest BCUT2D eigenvalue weighted by atomic mass is 16.6. The Morgan fingerprint density at radius 2 is 1.17 bits per heavy atom. The fourth-order valence-corrected chi connectivity index (χ4v) is 2.76. The summed E-state index contributed by atoms with van der Waals surface area (Å²) in [6.07, 6.45) is 6.51. The van der Waals surface area contributed by atoms with E-state index in [0.717, 1.165) is 0 Å². The number of carbonyl (C=O) groups excluding carboxylic acids is 3. The lowest BCUT2D eigenvalue weighted by atomic mass is 10.0. The monoisotopic (exact) mass is 426 g/mol. The molecule has 1 heterocycles. The molecule has 0 saturated carbocycles. The van der Waals surface area contributed by atoms with Gasteiger partial charge in [0.15, 0.2) is 0 Å². The van der Waals surface area contributed by atoms with E-state index in [9.17, 15) is 14.4 Å². The van der Waals surface area contributed by atoms with Crippen molar-refractivity contribution in [3.8, 4) is 0 Å². The molecule has 0 radical (unpaired) electrons. The third-order valence-electron chi connectivity index (χ3n) is 4.92. The zero-order chi connectivity index (χ0) is 22.5. The zero-order valence-electron chi connectivity index (χ0n) is 18.5. The summed E-state index contributed by atoms with van der Waals surface area (Å²) in [7, 11) is 3.07. The minimum atomic E-state index is -0.585. The van der Waals surface area contributed by atoms with Gasteiger partial charge in [0.1, 0.15) is 19.8 Å². The first kappa shape index (κ1) is 25.8. The van der Waals surface area contributed by atoms with Crippen LogP contribution >= 0.6 is 0 Å². The molecule has 0 amide bonds. The van der Waals surface area contributed by atoms with Gasteiger partial charge in [-0.3, -0.25) is 14.4 Å². The molecule has 0 saturated heterocycles. The summed E-state index contributed by atoms with van der Waals surface area (Å²) in [6.45, 7) is 5.56. The van der Waals surface area contributed by atoms with Crippen LogP contribution in [0.1, 0.15) is 33.6 Å². The molecule has 30 heavy (non-hydrogen) atoms. The van der Waals surface area contributed by atoms with Crippen molar-refractivity contribution in [2.24, 2.45) is 17.8 Å². The Kier molecular flexibility index (Phi) is 12.0.